The lowest BCUT2D eigenvalue weighted by Crippen LogP contribution is -2.32. The molecule has 1 amide bonds. The minimum Gasteiger partial charge on any atom is -0.480 e. The number of rotatable bonds is 3. The van der Waals surface area contributed by atoms with Gasteiger partial charge in [-0.15, -0.1) is 0 Å². The van der Waals surface area contributed by atoms with Crippen molar-refractivity contribution in [2.75, 3.05) is 0 Å². The third-order valence-corrected chi connectivity index (χ3v) is 3.61. The molecule has 0 aliphatic carbocycles. The molecule has 0 radical (unpaired) electrons. The third kappa shape index (κ3) is 1.83. The first kappa shape index (κ1) is 13.3. The van der Waals surface area contributed by atoms with Crippen LogP contribution in [0.2, 0.25) is 0 Å². The van der Waals surface area contributed by atoms with Gasteiger partial charge in [0.2, 0.25) is 0 Å². The first-order valence-electron chi connectivity index (χ1n) is 6.54. The van der Waals surface area contributed by atoms with Gasteiger partial charge in [0.25, 0.3) is 11.5 Å². The maximum Gasteiger partial charge on any atom is 0.323 e. The van der Waals surface area contributed by atoms with Gasteiger partial charge in [-0.3, -0.25) is 14.4 Å². The Kier molecular flexibility index (Phi) is 2.82. The van der Waals surface area contributed by atoms with Crippen LogP contribution in [0.4, 0.5) is 0 Å². The second-order valence-corrected chi connectivity index (χ2v) is 5.24. The van der Waals surface area contributed by atoms with Crippen LogP contribution >= 0.6 is 0 Å². The Morgan fingerprint density at radius 1 is 1.43 bits per heavy atom. The van der Waals surface area contributed by atoms with Gasteiger partial charge in [0.15, 0.2) is 0 Å². The quantitative estimate of drug-likeness (QED) is 0.854. The van der Waals surface area contributed by atoms with Crippen LogP contribution in [0.25, 0.3) is 5.65 Å². The Labute approximate surface area is 119 Å². The minimum atomic E-state index is -1.08. The van der Waals surface area contributed by atoms with E-state index < -0.39 is 12.5 Å². The number of carboxylic acid groups (broad SMARTS) is 1. The molecule has 0 aromatic carbocycles. The van der Waals surface area contributed by atoms with Crippen LogP contribution in [0, 0.1) is 0 Å². The summed E-state index contributed by atoms with van der Waals surface area (Å²) in [6.07, 6.45) is 1.41. The van der Waals surface area contributed by atoms with Crippen LogP contribution in [-0.4, -0.2) is 42.1 Å². The fourth-order valence-electron chi connectivity index (χ4n) is 2.64. The number of hydrogen-bond acceptors (Lipinski definition) is 4. The standard InChI is InChI=1S/C13H14N4O4/c1-7(2)15-5-8-11(13(15)21)16(6-10(18)19)9-3-4-14-17(9)12(8)20/h3-4,7H,5-6H2,1-2H3,(H,18,19). The molecule has 0 saturated heterocycles. The van der Waals surface area contributed by atoms with E-state index in [0.717, 1.165) is 4.52 Å². The van der Waals surface area contributed by atoms with Crippen LogP contribution in [-0.2, 0) is 17.9 Å². The number of carbonyl (C=O) groups is 2. The van der Waals surface area contributed by atoms with Crippen molar-refractivity contribution in [2.45, 2.75) is 33.0 Å². The van der Waals surface area contributed by atoms with Crippen molar-refractivity contribution in [2.24, 2.45) is 0 Å². The molecule has 21 heavy (non-hydrogen) atoms. The molecule has 2 aromatic rings. The number of nitrogens with zero attached hydrogens (tertiary/aromatic N) is 4. The van der Waals surface area contributed by atoms with E-state index in [-0.39, 0.29) is 29.7 Å². The molecule has 0 unspecified atom stereocenters. The Morgan fingerprint density at radius 2 is 2.14 bits per heavy atom. The summed E-state index contributed by atoms with van der Waals surface area (Å²) in [5.74, 6) is -1.40. The molecular weight excluding hydrogens is 276 g/mol. The number of carbonyl (C=O) groups excluding carboxylic acids is 1. The summed E-state index contributed by atoms with van der Waals surface area (Å²) in [7, 11) is 0. The molecule has 1 aliphatic rings. The highest BCUT2D eigenvalue weighted by molar-refractivity contribution is 5.97. The summed E-state index contributed by atoms with van der Waals surface area (Å²) in [5.41, 5.74) is 0.387. The average Bonchev–Trinajstić information content (AvgIpc) is 2.99. The second-order valence-electron chi connectivity index (χ2n) is 5.24. The minimum absolute atomic E-state index is 0.0742. The molecule has 0 atom stereocenters. The van der Waals surface area contributed by atoms with Gasteiger partial charge >= 0.3 is 5.97 Å². The topological polar surface area (TPSA) is 96.9 Å². The van der Waals surface area contributed by atoms with Gasteiger partial charge in [0.05, 0.1) is 18.3 Å². The zero-order valence-electron chi connectivity index (χ0n) is 11.6. The Hall–Kier alpha value is -2.64. The Bertz CT molecular complexity index is 817. The fraction of sp³-hybridized carbons (Fsp3) is 0.385. The van der Waals surface area contributed by atoms with Crippen molar-refractivity contribution in [3.8, 4) is 0 Å². The maximum atomic E-state index is 12.5. The second kappa shape index (κ2) is 4.44. The number of aliphatic carboxylic acids is 1. The molecule has 8 heteroatoms. The third-order valence-electron chi connectivity index (χ3n) is 3.61. The van der Waals surface area contributed by atoms with Gasteiger partial charge in [-0.05, 0) is 13.8 Å². The summed E-state index contributed by atoms with van der Waals surface area (Å²) in [5, 5.41) is 13.0. The molecule has 110 valence electrons. The molecule has 1 aliphatic heterocycles. The number of fused-ring (bicyclic) bond motifs is 2. The monoisotopic (exact) mass is 290 g/mol. The van der Waals surface area contributed by atoms with Gasteiger partial charge in [-0.25, -0.2) is 0 Å². The van der Waals surface area contributed by atoms with Gasteiger partial charge in [-0.2, -0.15) is 9.61 Å². The first-order chi connectivity index (χ1) is 9.91. The molecule has 8 nitrogen and oxygen atoms in total. The van der Waals surface area contributed by atoms with Crippen LogP contribution in [0.15, 0.2) is 17.1 Å². The Balaban J connectivity index is 2.33. The van der Waals surface area contributed by atoms with Gasteiger partial charge < -0.3 is 14.6 Å². The van der Waals surface area contributed by atoms with Crippen molar-refractivity contribution in [1.29, 1.82) is 0 Å². The van der Waals surface area contributed by atoms with Crippen LogP contribution in [0.5, 0.6) is 0 Å². The highest BCUT2D eigenvalue weighted by Gasteiger charge is 2.35. The number of amides is 1. The van der Waals surface area contributed by atoms with E-state index in [1.54, 1.807) is 4.90 Å². The van der Waals surface area contributed by atoms with E-state index in [1.165, 1.54) is 16.8 Å². The van der Waals surface area contributed by atoms with Crippen molar-refractivity contribution in [3.63, 3.8) is 0 Å². The summed E-state index contributed by atoms with van der Waals surface area (Å²) in [4.78, 5) is 37.5. The highest BCUT2D eigenvalue weighted by atomic mass is 16.4. The SMILES string of the molecule is CC(C)N1Cc2c(n(CC(=O)O)c3ccnn3c2=O)C1=O. The van der Waals surface area contributed by atoms with Gasteiger partial charge in [0, 0.05) is 12.1 Å². The van der Waals surface area contributed by atoms with Crippen molar-refractivity contribution >= 4 is 17.5 Å². The normalized spacial score (nSPS) is 14.2. The predicted molar refractivity (Wildman–Crippen MR) is 72.1 cm³/mol. The molecule has 3 heterocycles. The lowest BCUT2D eigenvalue weighted by atomic mass is 10.2. The molecule has 1 N–H and O–H groups in total. The highest BCUT2D eigenvalue weighted by Crippen LogP contribution is 2.23. The lowest BCUT2D eigenvalue weighted by Gasteiger charge is -2.19. The summed E-state index contributed by atoms with van der Waals surface area (Å²) in [6, 6.07) is 1.45. The van der Waals surface area contributed by atoms with E-state index >= 15 is 0 Å². The van der Waals surface area contributed by atoms with E-state index in [0.29, 0.717) is 11.2 Å². The van der Waals surface area contributed by atoms with E-state index in [1.807, 2.05) is 13.8 Å². The van der Waals surface area contributed by atoms with E-state index in [4.69, 9.17) is 5.11 Å². The van der Waals surface area contributed by atoms with Gasteiger partial charge in [-0.1, -0.05) is 0 Å². The maximum absolute atomic E-state index is 12.5. The average molecular weight is 290 g/mol. The summed E-state index contributed by atoms with van der Waals surface area (Å²) in [6.45, 7) is 3.48. The molecule has 0 fully saturated rings. The van der Waals surface area contributed by atoms with Crippen LogP contribution < -0.4 is 5.56 Å². The number of hydrogen-bond donors (Lipinski definition) is 1. The zero-order valence-corrected chi connectivity index (χ0v) is 11.6. The number of carboxylic acids is 1. The van der Waals surface area contributed by atoms with Crippen molar-refractivity contribution < 1.29 is 14.7 Å². The van der Waals surface area contributed by atoms with Crippen LogP contribution in [0.1, 0.15) is 29.9 Å². The largest absolute Gasteiger partial charge is 0.480 e. The summed E-state index contributed by atoms with van der Waals surface area (Å²) < 4.78 is 2.48. The Morgan fingerprint density at radius 3 is 2.76 bits per heavy atom. The molecule has 0 bridgehead atoms. The molecular formula is C13H14N4O4. The van der Waals surface area contributed by atoms with E-state index in [9.17, 15) is 14.4 Å². The summed E-state index contributed by atoms with van der Waals surface area (Å²) >= 11 is 0. The number of aromatic nitrogens is 3. The van der Waals surface area contributed by atoms with Crippen LogP contribution in [0.3, 0.4) is 0 Å². The molecule has 0 spiro atoms. The molecule has 3 rings (SSSR count). The zero-order chi connectivity index (χ0) is 15.3. The first-order valence-corrected chi connectivity index (χ1v) is 6.54. The van der Waals surface area contributed by atoms with E-state index in [2.05, 4.69) is 5.10 Å². The van der Waals surface area contributed by atoms with Crippen molar-refractivity contribution in [3.05, 3.63) is 33.9 Å². The predicted octanol–water partition coefficient (Wildman–Crippen LogP) is -0.0552. The fourth-order valence-corrected chi connectivity index (χ4v) is 2.64. The molecule has 2 aromatic heterocycles. The smallest absolute Gasteiger partial charge is 0.323 e. The lowest BCUT2D eigenvalue weighted by molar-refractivity contribution is -0.137. The van der Waals surface area contributed by atoms with Crippen molar-refractivity contribution in [1.82, 2.24) is 19.1 Å². The molecule has 0 saturated carbocycles. The van der Waals surface area contributed by atoms with Gasteiger partial charge in [0.1, 0.15) is 17.9 Å².